The van der Waals surface area contributed by atoms with E-state index in [4.69, 9.17) is 14.2 Å². The Morgan fingerprint density at radius 3 is 2.37 bits per heavy atom. The van der Waals surface area contributed by atoms with E-state index < -0.39 is 17.1 Å². The molecule has 14 heteroatoms. The zero-order valence-corrected chi connectivity index (χ0v) is 24.3. The molecule has 0 aliphatic carbocycles. The van der Waals surface area contributed by atoms with Crippen LogP contribution in [0.25, 0.3) is 0 Å². The average Bonchev–Trinajstić information content (AvgIpc) is 3.50. The van der Waals surface area contributed by atoms with E-state index in [0.29, 0.717) is 43.4 Å². The molecule has 43 heavy (non-hydrogen) atoms. The van der Waals surface area contributed by atoms with Gasteiger partial charge in [0.25, 0.3) is 5.69 Å². The number of nitrogens with zero attached hydrogens (tertiary/aromatic N) is 6. The molecule has 0 bridgehead atoms. The van der Waals surface area contributed by atoms with Crippen LogP contribution in [0, 0.1) is 10.1 Å². The minimum atomic E-state index is -0.577. The van der Waals surface area contributed by atoms with Crippen molar-refractivity contribution in [2.45, 2.75) is 25.7 Å². The van der Waals surface area contributed by atoms with Crippen LogP contribution in [-0.4, -0.2) is 90.4 Å². The van der Waals surface area contributed by atoms with Crippen LogP contribution in [-0.2, 0) is 22.6 Å². The molecule has 1 aromatic heterocycles. The minimum absolute atomic E-state index is 0.0252. The number of aromatic nitrogens is 2. The second kappa shape index (κ2) is 14.7. The average molecular weight is 594 g/mol. The van der Waals surface area contributed by atoms with Crippen LogP contribution in [0.15, 0.2) is 60.8 Å². The molecule has 14 nitrogen and oxygen atoms in total. The van der Waals surface area contributed by atoms with Crippen molar-refractivity contribution in [1.82, 2.24) is 19.8 Å². The second-order valence-electron chi connectivity index (χ2n) is 10.0. The first-order valence-corrected chi connectivity index (χ1v) is 13.7. The van der Waals surface area contributed by atoms with Gasteiger partial charge < -0.3 is 34.2 Å². The predicted octanol–water partition coefficient (Wildman–Crippen LogP) is 3.92. The van der Waals surface area contributed by atoms with Gasteiger partial charge in [-0.15, -0.1) is 0 Å². The van der Waals surface area contributed by atoms with Crippen molar-refractivity contribution in [2.75, 3.05) is 57.6 Å². The first kappa shape index (κ1) is 30.8. The Morgan fingerprint density at radius 1 is 1.02 bits per heavy atom. The van der Waals surface area contributed by atoms with Crippen LogP contribution >= 0.6 is 0 Å². The molecular formula is C29H35N7O7. The van der Waals surface area contributed by atoms with Crippen LogP contribution < -0.4 is 15.0 Å². The van der Waals surface area contributed by atoms with E-state index >= 15 is 0 Å². The molecule has 2 heterocycles. The van der Waals surface area contributed by atoms with Crippen molar-refractivity contribution < 1.29 is 28.7 Å². The number of carbonyl (C=O) groups excluding carboxylic acids is 2. The highest BCUT2D eigenvalue weighted by molar-refractivity contribution is 5.69. The number of likely N-dealkylation sites (N-methyl/N-ethyl adjacent to an activating group) is 2. The van der Waals surface area contributed by atoms with Crippen LogP contribution in [0.2, 0.25) is 0 Å². The summed E-state index contributed by atoms with van der Waals surface area (Å²) < 4.78 is 16.1. The number of rotatable bonds is 12. The van der Waals surface area contributed by atoms with Crippen molar-refractivity contribution in [2.24, 2.45) is 0 Å². The lowest BCUT2D eigenvalue weighted by atomic mass is 10.2. The Balaban J connectivity index is 1.17. The largest absolute Gasteiger partial charge is 0.497 e. The van der Waals surface area contributed by atoms with Crippen LogP contribution in [0.5, 0.6) is 5.75 Å². The van der Waals surface area contributed by atoms with Gasteiger partial charge in [-0.2, -0.15) is 4.98 Å². The third-order valence-electron chi connectivity index (χ3n) is 6.87. The molecule has 1 atom stereocenters. The summed E-state index contributed by atoms with van der Waals surface area (Å²) >= 11 is 0. The second-order valence-corrected chi connectivity index (χ2v) is 10.0. The summed E-state index contributed by atoms with van der Waals surface area (Å²) in [5.41, 5.74) is 1.67. The topological polar surface area (TPSA) is 152 Å². The Kier molecular flexibility index (Phi) is 10.5. The zero-order chi connectivity index (χ0) is 30.8. The lowest BCUT2D eigenvalue weighted by Crippen LogP contribution is -2.39. The molecule has 1 aliphatic rings. The Labute approximate surface area is 249 Å². The van der Waals surface area contributed by atoms with Gasteiger partial charge in [-0.3, -0.25) is 10.1 Å². The molecule has 3 aromatic rings. The molecule has 2 amide bonds. The predicted molar refractivity (Wildman–Crippen MR) is 158 cm³/mol. The Hall–Kier alpha value is -5.14. The van der Waals surface area contributed by atoms with Crippen molar-refractivity contribution in [1.29, 1.82) is 0 Å². The third-order valence-corrected chi connectivity index (χ3v) is 6.87. The zero-order valence-electron chi connectivity index (χ0n) is 24.3. The van der Waals surface area contributed by atoms with Gasteiger partial charge in [-0.05, 0) is 41.5 Å². The van der Waals surface area contributed by atoms with Gasteiger partial charge in [0.2, 0.25) is 5.95 Å². The number of nitro groups is 1. The van der Waals surface area contributed by atoms with Crippen molar-refractivity contribution in [3.05, 3.63) is 82.0 Å². The lowest BCUT2D eigenvalue weighted by Gasteiger charge is -2.23. The van der Waals surface area contributed by atoms with Crippen LogP contribution in [0.1, 0.15) is 17.5 Å². The standard InChI is InChI=1S/C29H35N7O7/c1-33(28(37)42-20-22-4-8-23(9-5-22)36(39)40)16-17-34(2)29(38)43-25-13-15-35(19-25)27-30-14-12-26(32-27)31-18-21-6-10-24(41-3)11-7-21/h4-12,14,25H,13,15-20H2,1-3H3,(H,30,31,32)/t25-/m1/s1. The lowest BCUT2D eigenvalue weighted by molar-refractivity contribution is -0.384. The van der Waals surface area contributed by atoms with Gasteiger partial charge in [0.1, 0.15) is 24.3 Å². The fourth-order valence-corrected chi connectivity index (χ4v) is 4.23. The number of carbonyl (C=O) groups is 2. The maximum absolute atomic E-state index is 12.7. The molecule has 2 aromatic carbocycles. The van der Waals surface area contributed by atoms with E-state index in [1.165, 1.54) is 34.1 Å². The normalized spacial score (nSPS) is 14.1. The molecule has 1 N–H and O–H groups in total. The fourth-order valence-electron chi connectivity index (χ4n) is 4.23. The summed E-state index contributed by atoms with van der Waals surface area (Å²) in [6.07, 6.45) is 0.946. The summed E-state index contributed by atoms with van der Waals surface area (Å²) in [6, 6.07) is 15.4. The number of hydrogen-bond acceptors (Lipinski definition) is 11. The molecule has 1 aliphatic heterocycles. The summed E-state index contributed by atoms with van der Waals surface area (Å²) in [7, 11) is 4.80. The van der Waals surface area contributed by atoms with Gasteiger partial charge in [0.15, 0.2) is 0 Å². The molecule has 0 spiro atoms. The molecular weight excluding hydrogens is 558 g/mol. The number of methoxy groups -OCH3 is 1. The number of anilines is 2. The van der Waals surface area contributed by atoms with Crippen molar-refractivity contribution in [3.8, 4) is 5.75 Å². The molecule has 1 fully saturated rings. The van der Waals surface area contributed by atoms with Crippen molar-refractivity contribution >= 4 is 29.6 Å². The highest BCUT2D eigenvalue weighted by Crippen LogP contribution is 2.21. The maximum Gasteiger partial charge on any atom is 0.409 e. The van der Waals surface area contributed by atoms with Gasteiger partial charge in [0.05, 0.1) is 18.6 Å². The molecule has 0 radical (unpaired) electrons. The van der Waals surface area contributed by atoms with E-state index in [0.717, 1.165) is 11.3 Å². The van der Waals surface area contributed by atoms with E-state index in [1.54, 1.807) is 33.5 Å². The molecule has 0 unspecified atom stereocenters. The Morgan fingerprint density at radius 2 is 1.70 bits per heavy atom. The first-order valence-electron chi connectivity index (χ1n) is 13.7. The number of hydrogen-bond donors (Lipinski definition) is 1. The summed E-state index contributed by atoms with van der Waals surface area (Å²) in [6.45, 7) is 2.15. The van der Waals surface area contributed by atoms with E-state index in [1.807, 2.05) is 29.2 Å². The van der Waals surface area contributed by atoms with E-state index in [-0.39, 0.29) is 31.5 Å². The molecule has 228 valence electrons. The van der Waals surface area contributed by atoms with Crippen molar-refractivity contribution in [3.63, 3.8) is 0 Å². The number of amides is 2. The summed E-state index contributed by atoms with van der Waals surface area (Å²) in [5.74, 6) is 2.05. The van der Waals surface area contributed by atoms with Crippen LogP contribution in [0.4, 0.5) is 27.0 Å². The first-order chi connectivity index (χ1) is 20.7. The maximum atomic E-state index is 12.7. The number of nitro benzene ring substituents is 1. The van der Waals surface area contributed by atoms with E-state index in [9.17, 15) is 19.7 Å². The smallest absolute Gasteiger partial charge is 0.409 e. The monoisotopic (exact) mass is 593 g/mol. The quantitative estimate of drug-likeness (QED) is 0.240. The third kappa shape index (κ3) is 8.92. The van der Waals surface area contributed by atoms with Gasteiger partial charge >= 0.3 is 12.2 Å². The summed E-state index contributed by atoms with van der Waals surface area (Å²) in [4.78, 5) is 49.0. The SMILES string of the molecule is COc1ccc(CNc2ccnc(N3CC[C@@H](OC(=O)N(C)CCN(C)C(=O)OCc4ccc([N+](=O)[O-])cc4)C3)n2)cc1. The van der Waals surface area contributed by atoms with Gasteiger partial charge in [0, 0.05) is 65.0 Å². The van der Waals surface area contributed by atoms with Gasteiger partial charge in [-0.1, -0.05) is 12.1 Å². The number of benzene rings is 2. The number of ether oxygens (including phenoxy) is 3. The van der Waals surface area contributed by atoms with Crippen LogP contribution in [0.3, 0.4) is 0 Å². The fraction of sp³-hybridized carbons (Fsp3) is 0.379. The molecule has 0 saturated carbocycles. The highest BCUT2D eigenvalue weighted by Gasteiger charge is 2.28. The summed E-state index contributed by atoms with van der Waals surface area (Å²) in [5, 5.41) is 14.1. The Bertz CT molecular complexity index is 1390. The highest BCUT2D eigenvalue weighted by atomic mass is 16.6. The minimum Gasteiger partial charge on any atom is -0.497 e. The van der Waals surface area contributed by atoms with E-state index in [2.05, 4.69) is 15.3 Å². The molecule has 4 rings (SSSR count). The number of non-ortho nitro benzene ring substituents is 1. The number of nitrogens with one attached hydrogen (secondary N) is 1. The molecule has 1 saturated heterocycles. The van der Waals surface area contributed by atoms with Gasteiger partial charge in [-0.25, -0.2) is 14.6 Å².